The molecular formula is C11H15ClN2O4S. The first-order valence-corrected chi connectivity index (χ1v) is 7.30. The predicted molar refractivity (Wildman–Crippen MR) is 71.6 cm³/mol. The third kappa shape index (κ3) is 4.46. The maximum Gasteiger partial charge on any atom is 0.251 e. The number of rotatable bonds is 5. The van der Waals surface area contributed by atoms with Gasteiger partial charge in [-0.15, -0.1) is 0 Å². The summed E-state index contributed by atoms with van der Waals surface area (Å²) in [7, 11) is -2.45. The normalized spacial score (nSPS) is 13.1. The molecule has 106 valence electrons. The molecular weight excluding hydrogens is 292 g/mol. The summed E-state index contributed by atoms with van der Waals surface area (Å²) in [6.45, 7) is 2.11. The van der Waals surface area contributed by atoms with E-state index >= 15 is 0 Å². The van der Waals surface area contributed by atoms with Crippen molar-refractivity contribution < 1.29 is 17.9 Å². The number of methoxy groups -OCH3 is 1. The van der Waals surface area contributed by atoms with Crippen molar-refractivity contribution in [3.05, 3.63) is 28.8 Å². The van der Waals surface area contributed by atoms with Crippen molar-refractivity contribution in [2.45, 2.75) is 17.9 Å². The molecule has 0 radical (unpaired) electrons. The molecule has 1 rings (SSSR count). The lowest BCUT2D eigenvalue weighted by Gasteiger charge is -2.13. The Morgan fingerprint density at radius 3 is 2.68 bits per heavy atom. The Hall–Kier alpha value is -1.15. The number of benzene rings is 1. The van der Waals surface area contributed by atoms with E-state index in [0.717, 1.165) is 6.07 Å². The van der Waals surface area contributed by atoms with Crippen LogP contribution in [-0.2, 0) is 14.8 Å². The number of hydrogen-bond donors (Lipinski definition) is 2. The Morgan fingerprint density at radius 1 is 1.53 bits per heavy atom. The van der Waals surface area contributed by atoms with E-state index in [4.69, 9.17) is 21.5 Å². The van der Waals surface area contributed by atoms with Crippen LogP contribution >= 0.6 is 11.6 Å². The van der Waals surface area contributed by atoms with E-state index in [9.17, 15) is 13.2 Å². The molecule has 1 atom stereocenters. The van der Waals surface area contributed by atoms with Gasteiger partial charge in [0.2, 0.25) is 10.0 Å². The zero-order valence-electron chi connectivity index (χ0n) is 10.5. The molecule has 0 saturated heterocycles. The van der Waals surface area contributed by atoms with Crippen LogP contribution in [0.25, 0.3) is 0 Å². The molecule has 19 heavy (non-hydrogen) atoms. The highest BCUT2D eigenvalue weighted by Crippen LogP contribution is 2.21. The average Bonchev–Trinajstić information content (AvgIpc) is 2.27. The van der Waals surface area contributed by atoms with Crippen molar-refractivity contribution in [1.82, 2.24) is 5.32 Å². The smallest absolute Gasteiger partial charge is 0.251 e. The minimum atomic E-state index is -3.96. The van der Waals surface area contributed by atoms with E-state index in [0.29, 0.717) is 6.61 Å². The van der Waals surface area contributed by atoms with Crippen molar-refractivity contribution in [3.63, 3.8) is 0 Å². The molecule has 8 heteroatoms. The summed E-state index contributed by atoms with van der Waals surface area (Å²) >= 11 is 5.73. The van der Waals surface area contributed by atoms with Crippen LogP contribution in [0.15, 0.2) is 23.1 Å². The van der Waals surface area contributed by atoms with Crippen molar-refractivity contribution in [3.8, 4) is 0 Å². The molecule has 0 aliphatic carbocycles. The van der Waals surface area contributed by atoms with E-state index in [1.807, 2.05) is 0 Å². The lowest BCUT2D eigenvalue weighted by atomic mass is 10.2. The van der Waals surface area contributed by atoms with Crippen molar-refractivity contribution in [2.24, 2.45) is 5.14 Å². The van der Waals surface area contributed by atoms with Gasteiger partial charge in [-0.05, 0) is 25.1 Å². The molecule has 0 saturated carbocycles. The van der Waals surface area contributed by atoms with Gasteiger partial charge in [0.05, 0.1) is 11.6 Å². The molecule has 0 aromatic heterocycles. The highest BCUT2D eigenvalue weighted by molar-refractivity contribution is 7.89. The van der Waals surface area contributed by atoms with E-state index in [2.05, 4.69) is 5.32 Å². The molecule has 1 aromatic rings. The molecule has 1 aromatic carbocycles. The van der Waals surface area contributed by atoms with Gasteiger partial charge >= 0.3 is 0 Å². The summed E-state index contributed by atoms with van der Waals surface area (Å²) in [4.78, 5) is 11.6. The molecule has 1 amide bonds. The first-order chi connectivity index (χ1) is 8.75. The van der Waals surface area contributed by atoms with Crippen LogP contribution in [0, 0.1) is 0 Å². The first kappa shape index (κ1) is 15.9. The summed E-state index contributed by atoms with van der Waals surface area (Å²) in [6.07, 6.45) is 0. The van der Waals surface area contributed by atoms with E-state index in [-0.39, 0.29) is 21.5 Å². The maximum absolute atomic E-state index is 11.9. The molecule has 0 bridgehead atoms. The third-order valence-corrected chi connectivity index (χ3v) is 3.69. The molecule has 3 N–H and O–H groups in total. The highest BCUT2D eigenvalue weighted by Gasteiger charge is 2.17. The number of primary sulfonamides is 1. The van der Waals surface area contributed by atoms with E-state index in [1.54, 1.807) is 6.92 Å². The lowest BCUT2D eigenvalue weighted by Crippen LogP contribution is -2.35. The van der Waals surface area contributed by atoms with Gasteiger partial charge in [0.25, 0.3) is 5.91 Å². The average molecular weight is 307 g/mol. The third-order valence-electron chi connectivity index (χ3n) is 2.29. The Labute approximate surface area is 116 Å². The predicted octanol–water partition coefficient (Wildman–Crippen LogP) is 0.752. The van der Waals surface area contributed by atoms with Crippen LogP contribution in [0.3, 0.4) is 0 Å². The standard InChI is InChI=1S/C11H15ClN2O4S/c1-7(6-18-2)14-11(15)8-3-4-9(12)10(5-8)19(13,16)17/h3-5,7H,6H2,1-2H3,(H,14,15)(H2,13,16,17)/t7-/m0/s1. The zero-order valence-corrected chi connectivity index (χ0v) is 12.1. The minimum Gasteiger partial charge on any atom is -0.383 e. The summed E-state index contributed by atoms with van der Waals surface area (Å²) in [5.74, 6) is -0.425. The highest BCUT2D eigenvalue weighted by atomic mass is 35.5. The van der Waals surface area contributed by atoms with Crippen LogP contribution in [-0.4, -0.2) is 34.1 Å². The SMILES string of the molecule is COC[C@H](C)NC(=O)c1ccc(Cl)c(S(N)(=O)=O)c1. The molecule has 0 unspecified atom stereocenters. The van der Waals surface area contributed by atoms with Gasteiger partial charge < -0.3 is 10.1 Å². The summed E-state index contributed by atoms with van der Waals surface area (Å²) in [5, 5.41) is 7.64. The van der Waals surface area contributed by atoms with Crippen LogP contribution < -0.4 is 10.5 Å². The second-order valence-electron chi connectivity index (χ2n) is 4.02. The van der Waals surface area contributed by atoms with E-state index < -0.39 is 15.9 Å². The van der Waals surface area contributed by atoms with Crippen molar-refractivity contribution in [1.29, 1.82) is 0 Å². The number of ether oxygens (including phenoxy) is 1. The second kappa shape index (κ2) is 6.33. The largest absolute Gasteiger partial charge is 0.383 e. The van der Waals surface area contributed by atoms with Crippen LogP contribution in [0.1, 0.15) is 17.3 Å². The number of sulfonamides is 1. The zero-order chi connectivity index (χ0) is 14.6. The summed E-state index contributed by atoms with van der Waals surface area (Å²) in [6, 6.07) is 3.68. The van der Waals surface area contributed by atoms with Gasteiger partial charge in [0.15, 0.2) is 0 Å². The van der Waals surface area contributed by atoms with Gasteiger partial charge in [-0.25, -0.2) is 13.6 Å². The number of hydrogen-bond acceptors (Lipinski definition) is 4. The Kier molecular flexibility index (Phi) is 5.30. The fourth-order valence-corrected chi connectivity index (χ4v) is 2.53. The van der Waals surface area contributed by atoms with Crippen molar-refractivity contribution >= 4 is 27.5 Å². The number of nitrogens with one attached hydrogen (secondary N) is 1. The maximum atomic E-state index is 11.9. The van der Waals surface area contributed by atoms with Gasteiger partial charge in [0, 0.05) is 18.7 Å². The van der Waals surface area contributed by atoms with Crippen LogP contribution in [0.2, 0.25) is 5.02 Å². The number of carbonyl (C=O) groups excluding carboxylic acids is 1. The molecule has 6 nitrogen and oxygen atoms in total. The number of halogens is 1. The monoisotopic (exact) mass is 306 g/mol. The Balaban J connectivity index is 3.00. The van der Waals surface area contributed by atoms with Gasteiger partial charge in [-0.3, -0.25) is 4.79 Å². The number of amides is 1. The Morgan fingerprint density at radius 2 is 2.16 bits per heavy atom. The topological polar surface area (TPSA) is 98.5 Å². The molecule has 0 aliphatic rings. The van der Waals surface area contributed by atoms with Gasteiger partial charge in [-0.2, -0.15) is 0 Å². The fraction of sp³-hybridized carbons (Fsp3) is 0.364. The molecule has 0 aliphatic heterocycles. The first-order valence-electron chi connectivity index (χ1n) is 5.38. The van der Waals surface area contributed by atoms with Crippen LogP contribution in [0.5, 0.6) is 0 Å². The molecule has 0 spiro atoms. The van der Waals surface area contributed by atoms with Gasteiger partial charge in [0.1, 0.15) is 4.90 Å². The van der Waals surface area contributed by atoms with Gasteiger partial charge in [-0.1, -0.05) is 11.6 Å². The number of nitrogens with two attached hydrogens (primary N) is 1. The second-order valence-corrected chi connectivity index (χ2v) is 5.96. The quantitative estimate of drug-likeness (QED) is 0.838. The molecule has 0 fully saturated rings. The Bertz CT molecular complexity index is 574. The summed E-state index contributed by atoms with van der Waals surface area (Å²) in [5.41, 5.74) is 0.163. The lowest BCUT2D eigenvalue weighted by molar-refractivity contribution is 0.0905. The minimum absolute atomic E-state index is 0.0241. The fourth-order valence-electron chi connectivity index (χ4n) is 1.46. The molecule has 0 heterocycles. The van der Waals surface area contributed by atoms with E-state index in [1.165, 1.54) is 19.2 Å². The van der Waals surface area contributed by atoms with Crippen molar-refractivity contribution in [2.75, 3.05) is 13.7 Å². The number of carbonyl (C=O) groups is 1. The summed E-state index contributed by atoms with van der Waals surface area (Å²) < 4.78 is 27.5. The van der Waals surface area contributed by atoms with Crippen LogP contribution in [0.4, 0.5) is 0 Å².